The van der Waals surface area contributed by atoms with Crippen LogP contribution in [0.15, 0.2) is 46.0 Å². The molecule has 3 aromatic rings. The van der Waals surface area contributed by atoms with Crippen molar-refractivity contribution in [3.8, 4) is 5.69 Å². The molecule has 0 aliphatic carbocycles. The molecular formula is C17H11BrClN5O2S. The Morgan fingerprint density at radius 2 is 2.04 bits per heavy atom. The molecule has 27 heavy (non-hydrogen) atoms. The number of carbonyl (C=O) groups is 2. The smallest absolute Gasteiger partial charge is 0.228 e. The number of anilines is 1. The van der Waals surface area contributed by atoms with Crippen LogP contribution in [0.3, 0.4) is 0 Å². The second-order valence-corrected chi connectivity index (χ2v) is 8.00. The third-order valence-corrected chi connectivity index (χ3v) is 5.76. The van der Waals surface area contributed by atoms with Gasteiger partial charge in [-0.1, -0.05) is 39.3 Å². The van der Waals surface area contributed by atoms with Crippen molar-refractivity contribution in [3.63, 3.8) is 0 Å². The van der Waals surface area contributed by atoms with E-state index in [2.05, 4.69) is 36.8 Å². The third-order valence-electron chi connectivity index (χ3n) is 4.00. The molecule has 2 aromatic carbocycles. The van der Waals surface area contributed by atoms with Crippen LogP contribution >= 0.6 is 39.3 Å². The minimum atomic E-state index is -0.177. The summed E-state index contributed by atoms with van der Waals surface area (Å²) >= 11 is 10.8. The van der Waals surface area contributed by atoms with Gasteiger partial charge in [0.15, 0.2) is 5.78 Å². The summed E-state index contributed by atoms with van der Waals surface area (Å²) in [6.45, 7) is 0. The maximum absolute atomic E-state index is 12.8. The van der Waals surface area contributed by atoms with E-state index in [-0.39, 0.29) is 23.9 Å². The molecular weight excluding hydrogens is 454 g/mol. The first-order valence-corrected chi connectivity index (χ1v) is 10.00. The van der Waals surface area contributed by atoms with Gasteiger partial charge in [-0.2, -0.15) is 4.68 Å². The first-order chi connectivity index (χ1) is 13.0. The number of nitrogens with zero attached hydrogens (tertiary/aromatic N) is 4. The van der Waals surface area contributed by atoms with Crippen molar-refractivity contribution in [2.75, 3.05) is 11.1 Å². The summed E-state index contributed by atoms with van der Waals surface area (Å²) in [7, 11) is 0. The lowest BCUT2D eigenvalue weighted by Crippen LogP contribution is -2.09. The number of hydrogen-bond donors (Lipinski definition) is 1. The number of nitrogens with one attached hydrogen (secondary N) is 1. The highest BCUT2D eigenvalue weighted by Gasteiger charge is 2.26. The van der Waals surface area contributed by atoms with Crippen LogP contribution in [0.25, 0.3) is 5.69 Å². The van der Waals surface area contributed by atoms with Gasteiger partial charge in [0.2, 0.25) is 11.1 Å². The minimum Gasteiger partial charge on any atom is -0.326 e. The number of Topliss-reactive ketones (excluding diaryl/α,β-unsaturated/α-hetero) is 1. The molecule has 1 N–H and O–H groups in total. The fourth-order valence-corrected chi connectivity index (χ4v) is 4.10. The fourth-order valence-electron chi connectivity index (χ4n) is 2.79. The average molecular weight is 465 g/mol. The van der Waals surface area contributed by atoms with Crippen LogP contribution in [0.1, 0.15) is 15.9 Å². The van der Waals surface area contributed by atoms with E-state index in [1.165, 1.54) is 11.8 Å². The van der Waals surface area contributed by atoms with E-state index in [0.29, 0.717) is 27.0 Å². The monoisotopic (exact) mass is 463 g/mol. The van der Waals surface area contributed by atoms with E-state index in [1.807, 2.05) is 24.3 Å². The lowest BCUT2D eigenvalue weighted by atomic mass is 10.0. The van der Waals surface area contributed by atoms with Crippen molar-refractivity contribution in [2.45, 2.75) is 11.6 Å². The second-order valence-electron chi connectivity index (χ2n) is 5.73. The van der Waals surface area contributed by atoms with Crippen molar-refractivity contribution < 1.29 is 9.59 Å². The average Bonchev–Trinajstić information content (AvgIpc) is 3.26. The Bertz CT molecular complexity index is 1050. The number of carbonyl (C=O) groups excluding carboxylic acids is 2. The maximum atomic E-state index is 12.8. The fraction of sp³-hybridized carbons (Fsp3) is 0.118. The molecule has 0 unspecified atom stereocenters. The molecule has 10 heteroatoms. The summed E-state index contributed by atoms with van der Waals surface area (Å²) in [5, 5.41) is 15.2. The van der Waals surface area contributed by atoms with Crippen molar-refractivity contribution >= 4 is 56.7 Å². The van der Waals surface area contributed by atoms with Crippen LogP contribution in [0, 0.1) is 0 Å². The van der Waals surface area contributed by atoms with Crippen LogP contribution in [-0.4, -0.2) is 37.7 Å². The minimum absolute atomic E-state index is 0.0985. The molecule has 1 amide bonds. The third kappa shape index (κ3) is 3.62. The molecule has 0 atom stereocenters. The quantitative estimate of drug-likeness (QED) is 0.459. The van der Waals surface area contributed by atoms with Gasteiger partial charge in [-0.15, -0.1) is 5.10 Å². The Hall–Kier alpha value is -2.23. The number of tetrazole rings is 1. The Balaban J connectivity index is 1.55. The summed E-state index contributed by atoms with van der Waals surface area (Å²) in [6.07, 6.45) is 0.151. The van der Waals surface area contributed by atoms with Gasteiger partial charge in [0.05, 0.1) is 22.9 Å². The van der Waals surface area contributed by atoms with Crippen LogP contribution in [0.2, 0.25) is 5.02 Å². The number of halogens is 2. The van der Waals surface area contributed by atoms with Crippen LogP contribution in [0.4, 0.5) is 5.69 Å². The summed E-state index contributed by atoms with van der Waals surface area (Å²) in [4.78, 5) is 24.4. The second kappa shape index (κ2) is 7.41. The number of rotatable bonds is 5. The molecule has 1 aliphatic rings. The van der Waals surface area contributed by atoms with E-state index in [1.54, 1.807) is 16.8 Å². The molecule has 0 saturated carbocycles. The van der Waals surface area contributed by atoms with Gasteiger partial charge >= 0.3 is 0 Å². The predicted molar refractivity (Wildman–Crippen MR) is 106 cm³/mol. The van der Waals surface area contributed by atoms with Crippen molar-refractivity contribution in [1.29, 1.82) is 0 Å². The van der Waals surface area contributed by atoms with E-state index >= 15 is 0 Å². The first kappa shape index (κ1) is 18.1. The molecule has 7 nitrogen and oxygen atoms in total. The molecule has 1 aromatic heterocycles. The number of amides is 1. The SMILES string of the molecule is O=C1Cc2c(ccc(Cl)c2C(=O)CSc2nnnn2-c2ccc(Br)cc2)N1. The number of benzene rings is 2. The summed E-state index contributed by atoms with van der Waals surface area (Å²) in [5.74, 6) is -0.224. The summed E-state index contributed by atoms with van der Waals surface area (Å²) in [5.41, 5.74) is 2.44. The standard InChI is InChI=1S/C17H11BrClN5O2S/c18-9-1-3-10(4-2-9)24-17(21-22-23-24)27-8-14(25)16-11-7-15(26)20-13(11)6-5-12(16)19/h1-6H,7-8H2,(H,20,26). The van der Waals surface area contributed by atoms with Gasteiger partial charge in [0.1, 0.15) is 0 Å². The molecule has 2 heterocycles. The number of hydrogen-bond acceptors (Lipinski definition) is 6. The Labute approximate surface area is 171 Å². The van der Waals surface area contributed by atoms with E-state index in [0.717, 1.165) is 10.2 Å². The van der Waals surface area contributed by atoms with Gasteiger partial charge in [-0.25, -0.2) is 0 Å². The van der Waals surface area contributed by atoms with Crippen LogP contribution < -0.4 is 5.32 Å². The molecule has 0 fully saturated rings. The highest BCUT2D eigenvalue weighted by molar-refractivity contribution is 9.10. The maximum Gasteiger partial charge on any atom is 0.228 e. The molecule has 0 radical (unpaired) electrons. The number of ketones is 1. The predicted octanol–water partition coefficient (Wildman–Crippen LogP) is 3.55. The molecule has 0 spiro atoms. The zero-order valence-electron chi connectivity index (χ0n) is 13.6. The van der Waals surface area contributed by atoms with Gasteiger partial charge in [-0.05, 0) is 52.4 Å². The number of aromatic nitrogens is 4. The highest BCUT2D eigenvalue weighted by atomic mass is 79.9. The van der Waals surface area contributed by atoms with Crippen molar-refractivity contribution in [3.05, 3.63) is 57.0 Å². The molecule has 1 aliphatic heterocycles. The van der Waals surface area contributed by atoms with Crippen molar-refractivity contribution in [1.82, 2.24) is 20.2 Å². The van der Waals surface area contributed by atoms with Gasteiger partial charge in [0, 0.05) is 15.7 Å². The van der Waals surface area contributed by atoms with Crippen LogP contribution in [0.5, 0.6) is 0 Å². The van der Waals surface area contributed by atoms with Gasteiger partial charge < -0.3 is 5.32 Å². The van der Waals surface area contributed by atoms with Gasteiger partial charge in [0.25, 0.3) is 0 Å². The Kier molecular flexibility index (Phi) is 4.98. The Morgan fingerprint density at radius 1 is 1.26 bits per heavy atom. The zero-order valence-corrected chi connectivity index (χ0v) is 16.8. The highest BCUT2D eigenvalue weighted by Crippen LogP contribution is 2.33. The van der Waals surface area contributed by atoms with E-state index in [4.69, 9.17) is 11.6 Å². The lowest BCUT2D eigenvalue weighted by molar-refractivity contribution is -0.115. The van der Waals surface area contributed by atoms with Crippen LogP contribution in [-0.2, 0) is 11.2 Å². The lowest BCUT2D eigenvalue weighted by Gasteiger charge is -2.09. The summed E-state index contributed by atoms with van der Waals surface area (Å²) < 4.78 is 2.51. The Morgan fingerprint density at radius 3 is 2.81 bits per heavy atom. The molecule has 136 valence electrons. The zero-order chi connectivity index (χ0) is 19.0. The number of thioether (sulfide) groups is 1. The molecule has 4 rings (SSSR count). The van der Waals surface area contributed by atoms with Gasteiger partial charge in [-0.3, -0.25) is 9.59 Å². The van der Waals surface area contributed by atoms with E-state index in [9.17, 15) is 9.59 Å². The molecule has 0 saturated heterocycles. The summed E-state index contributed by atoms with van der Waals surface area (Å²) in [6, 6.07) is 10.8. The van der Waals surface area contributed by atoms with E-state index < -0.39 is 0 Å². The largest absolute Gasteiger partial charge is 0.326 e. The normalized spacial score (nSPS) is 12.7. The molecule has 0 bridgehead atoms. The number of fused-ring (bicyclic) bond motifs is 1. The van der Waals surface area contributed by atoms with Crippen molar-refractivity contribution in [2.24, 2.45) is 0 Å². The first-order valence-electron chi connectivity index (χ1n) is 7.84. The topological polar surface area (TPSA) is 89.8 Å².